The smallest absolute Gasteiger partial charge is 0.306 e. The quantitative estimate of drug-likeness (QED) is 0.0254. The van der Waals surface area contributed by atoms with E-state index in [1.807, 2.05) is 21.6 Å². The van der Waals surface area contributed by atoms with Crippen LogP contribution in [0.3, 0.4) is 0 Å². The van der Waals surface area contributed by atoms with Crippen LogP contribution < -0.4 is 0 Å². The second-order valence-electron chi connectivity index (χ2n) is 22.7. The molecule has 0 amide bonds. The van der Waals surface area contributed by atoms with Gasteiger partial charge in [-0.1, -0.05) is 192 Å². The number of nitrogens with zero attached hydrogens (tertiary/aromatic N) is 2. The van der Waals surface area contributed by atoms with E-state index >= 15 is 0 Å². The van der Waals surface area contributed by atoms with Crippen LogP contribution in [0, 0.1) is 41.4 Å². The Bertz CT molecular complexity index is 1230. The molecule has 69 heavy (non-hydrogen) atoms. The molecule has 2 saturated heterocycles. The predicted molar refractivity (Wildman–Crippen MR) is 298 cm³/mol. The molecule has 0 aliphatic carbocycles. The number of carbonyl (C=O) groups excluding carboxylic acids is 3. The van der Waals surface area contributed by atoms with Gasteiger partial charge >= 0.3 is 17.9 Å². The summed E-state index contributed by atoms with van der Waals surface area (Å²) >= 11 is 0. The highest BCUT2D eigenvalue weighted by atomic mass is 33.1. The Hall–Kier alpha value is -0.970. The van der Waals surface area contributed by atoms with Crippen LogP contribution in [0.15, 0.2) is 0 Å². The Labute approximate surface area is 435 Å². The van der Waals surface area contributed by atoms with Gasteiger partial charge in [0.1, 0.15) is 0 Å². The maximum absolute atomic E-state index is 12.6. The van der Waals surface area contributed by atoms with Gasteiger partial charge < -0.3 is 24.0 Å². The lowest BCUT2D eigenvalue weighted by molar-refractivity contribution is -0.147. The molecule has 0 aromatic carbocycles. The lowest BCUT2D eigenvalue weighted by Crippen LogP contribution is -2.36. The molecule has 0 radical (unpaired) electrons. The van der Waals surface area contributed by atoms with Gasteiger partial charge in [-0.05, 0) is 125 Å². The molecule has 2 aliphatic rings. The van der Waals surface area contributed by atoms with Gasteiger partial charge in [0.2, 0.25) is 0 Å². The number of esters is 3. The second-order valence-corrected chi connectivity index (χ2v) is 25.4. The number of hydrogen-bond donors (Lipinski definition) is 0. The monoisotopic (exact) mass is 1010 g/mol. The van der Waals surface area contributed by atoms with Crippen molar-refractivity contribution in [2.75, 3.05) is 70.6 Å². The molecule has 0 spiro atoms. The maximum atomic E-state index is 12.6. The minimum atomic E-state index is -0.185. The fraction of sp³-hybridized carbons (Fsp3) is 0.949. The Morgan fingerprint density at radius 1 is 0.478 bits per heavy atom. The summed E-state index contributed by atoms with van der Waals surface area (Å²) in [6, 6.07) is 0. The second kappa shape index (κ2) is 43.4. The topological polar surface area (TPSA) is 85.4 Å². The molecule has 2 rings (SSSR count). The molecule has 0 N–H and O–H groups in total. The highest BCUT2D eigenvalue weighted by molar-refractivity contribution is 8.76. The average molecular weight is 1010 g/mol. The molecule has 2 fully saturated rings. The van der Waals surface area contributed by atoms with Gasteiger partial charge in [0.15, 0.2) is 0 Å². The Morgan fingerprint density at radius 3 is 1.39 bits per heavy atom. The van der Waals surface area contributed by atoms with E-state index in [4.69, 9.17) is 14.2 Å². The van der Waals surface area contributed by atoms with E-state index in [2.05, 4.69) is 58.3 Å². The van der Waals surface area contributed by atoms with Crippen molar-refractivity contribution in [2.45, 2.75) is 248 Å². The van der Waals surface area contributed by atoms with Crippen molar-refractivity contribution in [1.29, 1.82) is 0 Å². The Balaban J connectivity index is 1.39. The van der Waals surface area contributed by atoms with Crippen LogP contribution in [0.5, 0.6) is 0 Å². The summed E-state index contributed by atoms with van der Waals surface area (Å²) in [6.07, 6.45) is 35.3. The summed E-state index contributed by atoms with van der Waals surface area (Å²) in [4.78, 5) is 42.7. The molecule has 10 heteroatoms. The minimum absolute atomic E-state index is 0.00264. The Kier molecular flexibility index (Phi) is 40.4. The van der Waals surface area contributed by atoms with Gasteiger partial charge in [0.05, 0.1) is 19.8 Å². The number of carbonyl (C=O) groups is 3. The van der Waals surface area contributed by atoms with E-state index in [0.717, 1.165) is 81.8 Å². The molecule has 0 aromatic rings. The number of ether oxygens (including phenoxy) is 3. The number of unbranched alkanes of at least 4 members (excludes halogenated alkanes) is 8. The molecule has 2 aliphatic heterocycles. The van der Waals surface area contributed by atoms with E-state index in [1.54, 1.807) is 0 Å². The fourth-order valence-corrected chi connectivity index (χ4v) is 12.5. The van der Waals surface area contributed by atoms with E-state index in [-0.39, 0.29) is 24.3 Å². The summed E-state index contributed by atoms with van der Waals surface area (Å²) in [5.74, 6) is 6.65. The molecule has 2 heterocycles. The Morgan fingerprint density at radius 2 is 0.899 bits per heavy atom. The van der Waals surface area contributed by atoms with Gasteiger partial charge in [-0.3, -0.25) is 14.4 Å². The fourth-order valence-electron chi connectivity index (χ4n) is 10.5. The van der Waals surface area contributed by atoms with Gasteiger partial charge in [-0.2, -0.15) is 0 Å². The molecule has 0 bridgehead atoms. The van der Waals surface area contributed by atoms with Gasteiger partial charge in [-0.25, -0.2) is 0 Å². The summed E-state index contributed by atoms with van der Waals surface area (Å²) in [5, 5.41) is 0. The van der Waals surface area contributed by atoms with E-state index < -0.39 is 0 Å². The zero-order chi connectivity index (χ0) is 50.2. The first-order valence-electron chi connectivity index (χ1n) is 29.6. The normalized spacial score (nSPS) is 17.2. The van der Waals surface area contributed by atoms with Crippen molar-refractivity contribution in [3.8, 4) is 0 Å². The minimum Gasteiger partial charge on any atom is -0.466 e. The molecule has 0 saturated carbocycles. The van der Waals surface area contributed by atoms with Crippen molar-refractivity contribution < 1.29 is 28.6 Å². The number of hydrogen-bond acceptors (Lipinski definition) is 10. The SMILES string of the molecule is CCCCCCCCC(CCCCCC)COC(=O)CCCC(=O)OCCC1CCN(CCSSCCN2CCC(CCOC(=O)CC(C)CCCC(C)CCCC(C)CCCC(C)C)CC2)CC1. The first-order chi connectivity index (χ1) is 33.5. The van der Waals surface area contributed by atoms with Crippen LogP contribution >= 0.6 is 21.6 Å². The molecule has 0 aromatic heterocycles. The lowest BCUT2D eigenvalue weighted by atomic mass is 9.91. The van der Waals surface area contributed by atoms with Crippen molar-refractivity contribution >= 4 is 39.5 Å². The van der Waals surface area contributed by atoms with Gasteiger partial charge in [-0.15, -0.1) is 0 Å². The van der Waals surface area contributed by atoms with Crippen LogP contribution in [0.4, 0.5) is 0 Å². The third-order valence-electron chi connectivity index (χ3n) is 15.5. The number of likely N-dealkylation sites (tertiary alicyclic amines) is 2. The largest absolute Gasteiger partial charge is 0.466 e. The van der Waals surface area contributed by atoms with Crippen LogP contribution in [0.2, 0.25) is 0 Å². The summed E-state index contributed by atoms with van der Waals surface area (Å²) in [7, 11) is 4.04. The third kappa shape index (κ3) is 37.4. The molecule has 8 nitrogen and oxygen atoms in total. The standard InChI is InChI=1S/C59H112N2O6S2/c1-8-10-12-14-15-17-29-56(28-16-13-11-9-2)49-67-58(63)31-21-30-57(62)65-44-36-54-32-38-60(39-33-54)42-46-68-69-47-43-61-40-34-55(35-41-61)37-45-66-59(64)48-53(7)27-20-26-52(6)25-19-24-51(5)23-18-22-50(3)4/h50-56H,8-49H2,1-7H3. The van der Waals surface area contributed by atoms with Crippen molar-refractivity contribution in [2.24, 2.45) is 41.4 Å². The van der Waals surface area contributed by atoms with Gasteiger partial charge in [0, 0.05) is 43.9 Å². The summed E-state index contributed by atoms with van der Waals surface area (Å²) < 4.78 is 17.0. The van der Waals surface area contributed by atoms with Gasteiger partial charge in [0.25, 0.3) is 0 Å². The summed E-state index contributed by atoms with van der Waals surface area (Å²) in [6.45, 7) is 24.8. The first-order valence-corrected chi connectivity index (χ1v) is 32.1. The van der Waals surface area contributed by atoms with Crippen LogP contribution in [0.1, 0.15) is 248 Å². The zero-order valence-corrected chi connectivity index (χ0v) is 48.0. The number of rotatable bonds is 45. The highest BCUT2D eigenvalue weighted by Gasteiger charge is 2.22. The summed E-state index contributed by atoms with van der Waals surface area (Å²) in [5.41, 5.74) is 0. The molecule has 406 valence electrons. The van der Waals surface area contributed by atoms with Crippen LogP contribution in [0.25, 0.3) is 0 Å². The predicted octanol–water partition coefficient (Wildman–Crippen LogP) is 16.2. The molecular formula is C59H112N2O6S2. The first kappa shape index (κ1) is 64.1. The highest BCUT2D eigenvalue weighted by Crippen LogP contribution is 2.27. The third-order valence-corrected chi connectivity index (χ3v) is 17.9. The van der Waals surface area contributed by atoms with E-state index in [1.165, 1.54) is 160 Å². The van der Waals surface area contributed by atoms with E-state index in [0.29, 0.717) is 62.8 Å². The average Bonchev–Trinajstić information content (AvgIpc) is 3.32. The van der Waals surface area contributed by atoms with Crippen molar-refractivity contribution in [3.63, 3.8) is 0 Å². The van der Waals surface area contributed by atoms with Crippen molar-refractivity contribution in [1.82, 2.24) is 9.80 Å². The van der Waals surface area contributed by atoms with Crippen LogP contribution in [-0.4, -0.2) is 98.3 Å². The molecule has 4 unspecified atom stereocenters. The molecule has 4 atom stereocenters. The van der Waals surface area contributed by atoms with Crippen molar-refractivity contribution in [3.05, 3.63) is 0 Å². The number of piperidine rings is 2. The van der Waals surface area contributed by atoms with E-state index in [9.17, 15) is 14.4 Å². The zero-order valence-electron chi connectivity index (χ0n) is 46.4. The maximum Gasteiger partial charge on any atom is 0.306 e. The lowest BCUT2D eigenvalue weighted by Gasteiger charge is -2.32. The van der Waals surface area contributed by atoms with Crippen LogP contribution in [-0.2, 0) is 28.6 Å². The molecular weight excluding hydrogens is 897 g/mol.